The van der Waals surface area contributed by atoms with Gasteiger partial charge in [-0.3, -0.25) is 9.59 Å². The Morgan fingerprint density at radius 1 is 1.26 bits per heavy atom. The average molecular weight is 321 g/mol. The van der Waals surface area contributed by atoms with Gasteiger partial charge in [-0.1, -0.05) is 44.2 Å². The van der Waals surface area contributed by atoms with Gasteiger partial charge in [0.25, 0.3) is 0 Å². The van der Waals surface area contributed by atoms with Gasteiger partial charge in [-0.15, -0.1) is 0 Å². The Labute approximate surface area is 138 Å². The number of ether oxygens (including phenoxy) is 1. The number of amides is 1. The molecule has 0 saturated carbocycles. The second kappa shape index (κ2) is 10.0. The van der Waals surface area contributed by atoms with Crippen molar-refractivity contribution in [3.05, 3.63) is 35.9 Å². The summed E-state index contributed by atoms with van der Waals surface area (Å²) in [6, 6.07) is 9.52. The molecule has 23 heavy (non-hydrogen) atoms. The smallest absolute Gasteiger partial charge is 0.310 e. The SMILES string of the molecule is CCC(CO)N(CC(C)C(=O)OC)C(=O)CCc1ccccc1. The first-order chi connectivity index (χ1) is 11.0. The van der Waals surface area contributed by atoms with Gasteiger partial charge in [-0.05, 0) is 18.4 Å². The predicted octanol–water partition coefficient (Wildman–Crippen LogP) is 2.03. The molecule has 1 amide bonds. The number of hydrogen-bond donors (Lipinski definition) is 1. The van der Waals surface area contributed by atoms with Crippen LogP contribution in [0, 0.1) is 5.92 Å². The Balaban J connectivity index is 2.73. The van der Waals surface area contributed by atoms with Gasteiger partial charge in [0.05, 0.1) is 25.7 Å². The van der Waals surface area contributed by atoms with Crippen molar-refractivity contribution in [2.45, 2.75) is 39.2 Å². The number of nitrogens with zero attached hydrogens (tertiary/aromatic N) is 1. The minimum Gasteiger partial charge on any atom is -0.469 e. The molecule has 0 radical (unpaired) electrons. The van der Waals surface area contributed by atoms with E-state index in [1.165, 1.54) is 7.11 Å². The molecule has 0 aliphatic rings. The van der Waals surface area contributed by atoms with Crippen molar-refractivity contribution in [2.75, 3.05) is 20.3 Å². The fourth-order valence-electron chi connectivity index (χ4n) is 2.51. The molecule has 0 fully saturated rings. The molecule has 0 heterocycles. The number of esters is 1. The van der Waals surface area contributed by atoms with Gasteiger partial charge in [0, 0.05) is 13.0 Å². The minimum absolute atomic E-state index is 0.0505. The maximum absolute atomic E-state index is 12.6. The van der Waals surface area contributed by atoms with Crippen LogP contribution in [0.1, 0.15) is 32.3 Å². The second-order valence-corrected chi connectivity index (χ2v) is 5.70. The standard InChI is InChI=1S/C18H27NO4/c1-4-16(13-20)19(12-14(2)18(22)23-3)17(21)11-10-15-8-6-5-7-9-15/h5-9,14,16,20H,4,10-13H2,1-3H3. The first-order valence-electron chi connectivity index (χ1n) is 8.05. The molecule has 5 heteroatoms. The lowest BCUT2D eigenvalue weighted by Gasteiger charge is -2.31. The van der Waals surface area contributed by atoms with Gasteiger partial charge in [0.15, 0.2) is 0 Å². The van der Waals surface area contributed by atoms with Crippen molar-refractivity contribution in [3.8, 4) is 0 Å². The summed E-state index contributed by atoms with van der Waals surface area (Å²) in [5.74, 6) is -0.814. The van der Waals surface area contributed by atoms with E-state index in [2.05, 4.69) is 0 Å². The molecule has 0 saturated heterocycles. The number of aliphatic hydroxyl groups is 1. The van der Waals surface area contributed by atoms with Crippen LogP contribution >= 0.6 is 0 Å². The highest BCUT2D eigenvalue weighted by Gasteiger charge is 2.26. The molecule has 0 aromatic heterocycles. The van der Waals surface area contributed by atoms with Crippen LogP contribution in [-0.4, -0.2) is 48.2 Å². The van der Waals surface area contributed by atoms with Gasteiger partial charge in [0.2, 0.25) is 5.91 Å². The number of carbonyl (C=O) groups is 2. The monoisotopic (exact) mass is 321 g/mol. The number of benzene rings is 1. The number of rotatable bonds is 9. The summed E-state index contributed by atoms with van der Waals surface area (Å²) in [6.45, 7) is 3.80. The van der Waals surface area contributed by atoms with E-state index in [1.807, 2.05) is 37.3 Å². The molecule has 2 unspecified atom stereocenters. The molecule has 5 nitrogen and oxygen atoms in total. The van der Waals surface area contributed by atoms with E-state index in [4.69, 9.17) is 4.74 Å². The van der Waals surface area contributed by atoms with Crippen LogP contribution in [0.5, 0.6) is 0 Å². The van der Waals surface area contributed by atoms with E-state index >= 15 is 0 Å². The molecule has 128 valence electrons. The van der Waals surface area contributed by atoms with E-state index in [-0.39, 0.29) is 31.1 Å². The van der Waals surface area contributed by atoms with E-state index in [0.717, 1.165) is 5.56 Å². The summed E-state index contributed by atoms with van der Waals surface area (Å²) in [5, 5.41) is 9.53. The van der Waals surface area contributed by atoms with Crippen molar-refractivity contribution in [3.63, 3.8) is 0 Å². The molecule has 0 aliphatic heterocycles. The largest absolute Gasteiger partial charge is 0.469 e. The minimum atomic E-state index is -0.415. The highest BCUT2D eigenvalue weighted by atomic mass is 16.5. The average Bonchev–Trinajstić information content (AvgIpc) is 2.59. The fourth-order valence-corrected chi connectivity index (χ4v) is 2.51. The Kier molecular flexibility index (Phi) is 8.33. The molecular formula is C18H27NO4. The van der Waals surface area contributed by atoms with Gasteiger partial charge in [-0.25, -0.2) is 0 Å². The molecule has 0 aliphatic carbocycles. The first-order valence-corrected chi connectivity index (χ1v) is 8.05. The highest BCUT2D eigenvalue weighted by molar-refractivity contribution is 5.78. The Hall–Kier alpha value is -1.88. The lowest BCUT2D eigenvalue weighted by atomic mass is 10.1. The molecule has 1 N–H and O–H groups in total. The number of methoxy groups -OCH3 is 1. The second-order valence-electron chi connectivity index (χ2n) is 5.70. The molecule has 0 bridgehead atoms. The number of aliphatic hydroxyl groups excluding tert-OH is 1. The molecule has 1 aromatic rings. The van der Waals surface area contributed by atoms with Crippen molar-refractivity contribution >= 4 is 11.9 Å². The van der Waals surface area contributed by atoms with E-state index in [1.54, 1.807) is 11.8 Å². The van der Waals surface area contributed by atoms with Gasteiger partial charge < -0.3 is 14.7 Å². The summed E-state index contributed by atoms with van der Waals surface area (Å²) in [4.78, 5) is 25.8. The third kappa shape index (κ3) is 6.02. The van der Waals surface area contributed by atoms with Crippen LogP contribution in [0.15, 0.2) is 30.3 Å². The maximum atomic E-state index is 12.6. The van der Waals surface area contributed by atoms with E-state index < -0.39 is 5.92 Å². The zero-order chi connectivity index (χ0) is 17.2. The van der Waals surface area contributed by atoms with Crippen molar-refractivity contribution in [1.82, 2.24) is 4.90 Å². The topological polar surface area (TPSA) is 66.8 Å². The molecule has 1 rings (SSSR count). The molecule has 0 spiro atoms. The summed E-state index contributed by atoms with van der Waals surface area (Å²) in [5.41, 5.74) is 1.10. The van der Waals surface area contributed by atoms with Gasteiger partial charge in [-0.2, -0.15) is 0 Å². The number of aryl methyl sites for hydroxylation is 1. The van der Waals surface area contributed by atoms with Gasteiger partial charge >= 0.3 is 5.97 Å². The normalized spacial score (nSPS) is 13.2. The maximum Gasteiger partial charge on any atom is 0.310 e. The summed E-state index contributed by atoms with van der Waals surface area (Å²) < 4.78 is 4.73. The molecule has 2 atom stereocenters. The quantitative estimate of drug-likeness (QED) is 0.707. The van der Waals surface area contributed by atoms with Crippen LogP contribution in [0.2, 0.25) is 0 Å². The van der Waals surface area contributed by atoms with Crippen molar-refractivity contribution in [1.29, 1.82) is 0 Å². The lowest BCUT2D eigenvalue weighted by Crippen LogP contribution is -2.45. The first kappa shape index (κ1) is 19.2. The fraction of sp³-hybridized carbons (Fsp3) is 0.556. The summed E-state index contributed by atoms with van der Waals surface area (Å²) in [6.07, 6.45) is 1.64. The highest BCUT2D eigenvalue weighted by Crippen LogP contribution is 2.13. The third-order valence-electron chi connectivity index (χ3n) is 3.99. The Morgan fingerprint density at radius 2 is 1.91 bits per heavy atom. The van der Waals surface area contributed by atoms with Crippen LogP contribution in [0.4, 0.5) is 0 Å². The molecular weight excluding hydrogens is 294 g/mol. The zero-order valence-corrected chi connectivity index (χ0v) is 14.2. The third-order valence-corrected chi connectivity index (χ3v) is 3.99. The predicted molar refractivity (Wildman–Crippen MR) is 88.8 cm³/mol. The van der Waals surface area contributed by atoms with Crippen LogP contribution in [-0.2, 0) is 20.7 Å². The Bertz CT molecular complexity index is 485. The number of carbonyl (C=O) groups excluding carboxylic acids is 2. The van der Waals surface area contributed by atoms with E-state index in [9.17, 15) is 14.7 Å². The molecule has 1 aromatic carbocycles. The van der Waals surface area contributed by atoms with Crippen molar-refractivity contribution in [2.24, 2.45) is 5.92 Å². The zero-order valence-electron chi connectivity index (χ0n) is 14.2. The van der Waals surface area contributed by atoms with E-state index in [0.29, 0.717) is 19.3 Å². The summed E-state index contributed by atoms with van der Waals surface area (Å²) >= 11 is 0. The van der Waals surface area contributed by atoms with Gasteiger partial charge in [0.1, 0.15) is 0 Å². The van der Waals surface area contributed by atoms with Crippen LogP contribution in [0.3, 0.4) is 0 Å². The van der Waals surface area contributed by atoms with Crippen LogP contribution in [0.25, 0.3) is 0 Å². The Morgan fingerprint density at radius 3 is 2.43 bits per heavy atom. The number of hydrogen-bond acceptors (Lipinski definition) is 4. The lowest BCUT2D eigenvalue weighted by molar-refractivity contribution is -0.147. The summed E-state index contributed by atoms with van der Waals surface area (Å²) in [7, 11) is 1.34. The van der Waals surface area contributed by atoms with Crippen molar-refractivity contribution < 1.29 is 19.4 Å². The van der Waals surface area contributed by atoms with Crippen LogP contribution < -0.4 is 0 Å².